The normalized spacial score (nSPS) is 12.9. The molecule has 0 atom stereocenters. The highest BCUT2D eigenvalue weighted by molar-refractivity contribution is 6.04. The molecule has 0 aromatic heterocycles. The van der Waals surface area contributed by atoms with E-state index >= 15 is 0 Å². The average Bonchev–Trinajstić information content (AvgIpc) is 3.26. The number of benzene rings is 5. The number of anilines is 2. The lowest BCUT2D eigenvalue weighted by atomic mass is 9.67. The van der Waals surface area contributed by atoms with Gasteiger partial charge in [-0.3, -0.25) is 9.59 Å². The predicted molar refractivity (Wildman–Crippen MR) is 148 cm³/mol. The highest BCUT2D eigenvalue weighted by Crippen LogP contribution is 2.55. The summed E-state index contributed by atoms with van der Waals surface area (Å²) in [5.74, 6) is -0.187. The highest BCUT2D eigenvalue weighted by Gasteiger charge is 2.45. The Kier molecular flexibility index (Phi) is 5.42. The van der Waals surface area contributed by atoms with Gasteiger partial charge >= 0.3 is 0 Å². The molecule has 4 nitrogen and oxygen atoms in total. The molecule has 3 N–H and O–H groups in total. The molecule has 0 bridgehead atoms. The number of amides is 1. The van der Waals surface area contributed by atoms with E-state index in [2.05, 4.69) is 53.8 Å². The first-order chi connectivity index (χ1) is 18.1. The molecule has 0 spiro atoms. The van der Waals surface area contributed by atoms with Gasteiger partial charge in [0.1, 0.15) is 6.29 Å². The minimum Gasteiger partial charge on any atom is -0.399 e. The molecule has 0 aliphatic heterocycles. The maximum atomic E-state index is 13.0. The van der Waals surface area contributed by atoms with E-state index in [0.717, 1.165) is 17.4 Å². The van der Waals surface area contributed by atoms with Crippen LogP contribution in [0.2, 0.25) is 0 Å². The lowest BCUT2D eigenvalue weighted by molar-refractivity contribution is 0.102. The van der Waals surface area contributed by atoms with Crippen molar-refractivity contribution < 1.29 is 9.59 Å². The van der Waals surface area contributed by atoms with Crippen molar-refractivity contribution in [2.24, 2.45) is 0 Å². The molecular weight excluding hydrogens is 456 g/mol. The molecule has 0 saturated carbocycles. The van der Waals surface area contributed by atoms with E-state index in [1.807, 2.05) is 48.5 Å². The van der Waals surface area contributed by atoms with Crippen LogP contribution >= 0.6 is 0 Å². The smallest absolute Gasteiger partial charge is 0.255 e. The van der Waals surface area contributed by atoms with Gasteiger partial charge in [-0.05, 0) is 69.8 Å². The topological polar surface area (TPSA) is 72.2 Å². The number of aldehydes is 1. The largest absolute Gasteiger partial charge is 0.399 e. The number of nitrogen functional groups attached to an aromatic ring is 1. The molecule has 1 aliphatic carbocycles. The van der Waals surface area contributed by atoms with E-state index in [9.17, 15) is 9.59 Å². The minimum atomic E-state index is -0.583. The number of nitrogens with two attached hydrogens (primary N) is 1. The second kappa shape index (κ2) is 8.92. The molecule has 6 rings (SSSR count). The average molecular weight is 481 g/mol. The number of hydrogen-bond donors (Lipinski definition) is 2. The first kappa shape index (κ1) is 22.5. The summed E-state index contributed by atoms with van der Waals surface area (Å²) in [6.45, 7) is 0. The van der Waals surface area contributed by atoms with Crippen LogP contribution < -0.4 is 11.1 Å². The fourth-order valence-corrected chi connectivity index (χ4v) is 5.48. The summed E-state index contributed by atoms with van der Waals surface area (Å²) < 4.78 is 0. The lowest BCUT2D eigenvalue weighted by Crippen LogP contribution is -2.28. The number of nitrogens with one attached hydrogen (secondary N) is 1. The van der Waals surface area contributed by atoms with Gasteiger partial charge in [0.15, 0.2) is 0 Å². The molecule has 1 amide bonds. The van der Waals surface area contributed by atoms with Gasteiger partial charge in [-0.15, -0.1) is 0 Å². The van der Waals surface area contributed by atoms with Gasteiger partial charge in [0.25, 0.3) is 5.91 Å². The van der Waals surface area contributed by atoms with Gasteiger partial charge < -0.3 is 11.1 Å². The molecule has 5 aromatic carbocycles. The zero-order valence-corrected chi connectivity index (χ0v) is 20.0. The summed E-state index contributed by atoms with van der Waals surface area (Å²) in [6.07, 6.45) is 0.863. The van der Waals surface area contributed by atoms with Crippen molar-refractivity contribution in [1.29, 1.82) is 0 Å². The van der Waals surface area contributed by atoms with Crippen LogP contribution in [0.25, 0.3) is 11.1 Å². The van der Waals surface area contributed by atoms with E-state index in [4.69, 9.17) is 5.73 Å². The molecule has 0 saturated heterocycles. The van der Waals surface area contributed by atoms with E-state index in [1.165, 1.54) is 22.3 Å². The molecule has 0 radical (unpaired) electrons. The van der Waals surface area contributed by atoms with Crippen LogP contribution in [-0.4, -0.2) is 12.2 Å². The standard InChI is InChI=1S/C33H24N2O2/c34-26-17-19-27(20-18-26)35-32(37)23-11-15-25(16-12-23)33(24-13-9-22(21-36)10-14-24)30-7-3-1-5-28(30)29-6-2-4-8-31(29)33/h1-21H,34H2,(H,35,37). The van der Waals surface area contributed by atoms with Crippen molar-refractivity contribution >= 4 is 23.6 Å². The Morgan fingerprint density at radius 3 is 1.70 bits per heavy atom. The SMILES string of the molecule is Nc1ccc(NC(=O)c2ccc(C3(c4ccc(C=O)cc4)c4ccccc4-c4ccccc43)cc2)cc1. The first-order valence-corrected chi connectivity index (χ1v) is 12.1. The molecule has 4 heteroatoms. The van der Waals surface area contributed by atoms with Crippen molar-refractivity contribution in [1.82, 2.24) is 0 Å². The molecular formula is C33H24N2O2. The van der Waals surface area contributed by atoms with Crippen LogP contribution in [0, 0.1) is 0 Å². The van der Waals surface area contributed by atoms with Crippen LogP contribution in [0.15, 0.2) is 121 Å². The Balaban J connectivity index is 1.49. The van der Waals surface area contributed by atoms with Gasteiger partial charge in [0, 0.05) is 22.5 Å². The van der Waals surface area contributed by atoms with Gasteiger partial charge in [-0.1, -0.05) is 84.9 Å². The van der Waals surface area contributed by atoms with Crippen LogP contribution in [0.3, 0.4) is 0 Å². The van der Waals surface area contributed by atoms with Gasteiger partial charge in [-0.2, -0.15) is 0 Å². The molecule has 178 valence electrons. The van der Waals surface area contributed by atoms with E-state index in [1.54, 1.807) is 24.3 Å². The van der Waals surface area contributed by atoms with Crippen molar-refractivity contribution in [2.75, 3.05) is 11.1 Å². The second-order valence-corrected chi connectivity index (χ2v) is 9.23. The third-order valence-electron chi connectivity index (χ3n) is 7.18. The van der Waals surface area contributed by atoms with E-state index < -0.39 is 5.41 Å². The fraction of sp³-hybridized carbons (Fsp3) is 0.0303. The zero-order valence-electron chi connectivity index (χ0n) is 20.0. The summed E-state index contributed by atoms with van der Waals surface area (Å²) in [4.78, 5) is 24.4. The molecule has 37 heavy (non-hydrogen) atoms. The summed E-state index contributed by atoms with van der Waals surface area (Å²) >= 11 is 0. The third-order valence-corrected chi connectivity index (χ3v) is 7.18. The summed E-state index contributed by atoms with van der Waals surface area (Å²) in [6, 6.07) is 39.6. The van der Waals surface area contributed by atoms with E-state index in [0.29, 0.717) is 22.5 Å². The van der Waals surface area contributed by atoms with Crippen LogP contribution in [0.4, 0.5) is 11.4 Å². The van der Waals surface area contributed by atoms with E-state index in [-0.39, 0.29) is 5.91 Å². The third kappa shape index (κ3) is 3.62. The Morgan fingerprint density at radius 1 is 0.649 bits per heavy atom. The maximum absolute atomic E-state index is 13.0. The first-order valence-electron chi connectivity index (χ1n) is 12.1. The van der Waals surface area contributed by atoms with Gasteiger partial charge in [-0.25, -0.2) is 0 Å². The zero-order chi connectivity index (χ0) is 25.4. The minimum absolute atomic E-state index is 0.187. The number of hydrogen-bond acceptors (Lipinski definition) is 3. The van der Waals surface area contributed by atoms with Gasteiger partial charge in [0.05, 0.1) is 5.41 Å². The summed E-state index contributed by atoms with van der Waals surface area (Å²) in [5.41, 5.74) is 14.5. The Labute approximate surface area is 215 Å². The quantitative estimate of drug-likeness (QED) is 0.213. The van der Waals surface area contributed by atoms with Crippen molar-refractivity contribution in [3.8, 4) is 11.1 Å². The predicted octanol–water partition coefficient (Wildman–Crippen LogP) is 6.70. The van der Waals surface area contributed by atoms with Crippen LogP contribution in [0.5, 0.6) is 0 Å². The van der Waals surface area contributed by atoms with Gasteiger partial charge in [0.2, 0.25) is 0 Å². The van der Waals surface area contributed by atoms with Crippen molar-refractivity contribution in [3.63, 3.8) is 0 Å². The Morgan fingerprint density at radius 2 is 1.16 bits per heavy atom. The molecule has 1 aliphatic rings. The number of rotatable bonds is 5. The second-order valence-electron chi connectivity index (χ2n) is 9.23. The number of carbonyl (C=O) groups excluding carboxylic acids is 2. The van der Waals surface area contributed by atoms with Crippen molar-refractivity contribution in [3.05, 3.63) is 155 Å². The highest BCUT2D eigenvalue weighted by atomic mass is 16.1. The Bertz CT molecular complexity index is 1570. The molecule has 0 heterocycles. The summed E-state index contributed by atoms with van der Waals surface area (Å²) in [5, 5.41) is 2.93. The molecule has 0 unspecified atom stereocenters. The Hall–Kier alpha value is -4.96. The molecule has 5 aromatic rings. The van der Waals surface area contributed by atoms with Crippen molar-refractivity contribution in [2.45, 2.75) is 5.41 Å². The van der Waals surface area contributed by atoms with Crippen LogP contribution in [-0.2, 0) is 5.41 Å². The number of fused-ring (bicyclic) bond motifs is 3. The van der Waals surface area contributed by atoms with Crippen LogP contribution in [0.1, 0.15) is 43.0 Å². The summed E-state index contributed by atoms with van der Waals surface area (Å²) in [7, 11) is 0. The lowest BCUT2D eigenvalue weighted by Gasteiger charge is -2.34. The maximum Gasteiger partial charge on any atom is 0.255 e. The fourth-order valence-electron chi connectivity index (χ4n) is 5.48. The molecule has 0 fully saturated rings. The number of carbonyl (C=O) groups is 2. The monoisotopic (exact) mass is 480 g/mol.